The molecule has 31 heavy (non-hydrogen) atoms. The molecule has 166 valence electrons. The molecule has 1 N–H and O–H groups in total. The van der Waals surface area contributed by atoms with E-state index in [2.05, 4.69) is 0 Å². The van der Waals surface area contributed by atoms with Gasteiger partial charge in [0.25, 0.3) is 0 Å². The van der Waals surface area contributed by atoms with Crippen molar-refractivity contribution in [3.05, 3.63) is 42.5 Å². The van der Waals surface area contributed by atoms with Crippen LogP contribution in [0, 0.1) is 0 Å². The highest BCUT2D eigenvalue weighted by Gasteiger charge is 2.22. The van der Waals surface area contributed by atoms with E-state index < -0.39 is 0 Å². The van der Waals surface area contributed by atoms with E-state index in [0.717, 1.165) is 38.8 Å². The topological polar surface area (TPSA) is 69.7 Å². The molecule has 0 radical (unpaired) electrons. The van der Waals surface area contributed by atoms with Gasteiger partial charge in [-0.15, -0.1) is 11.8 Å². The Morgan fingerprint density at radius 3 is 2.23 bits per heavy atom. The van der Waals surface area contributed by atoms with Gasteiger partial charge >= 0.3 is 0 Å². The maximum absolute atomic E-state index is 10.8. The van der Waals surface area contributed by atoms with Crippen molar-refractivity contribution in [1.29, 1.82) is 0 Å². The van der Waals surface area contributed by atoms with Crippen LogP contribution in [-0.4, -0.2) is 70.3 Å². The number of ether oxygens (including phenoxy) is 5. The van der Waals surface area contributed by atoms with Gasteiger partial charge < -0.3 is 28.8 Å². The summed E-state index contributed by atoms with van der Waals surface area (Å²) in [6, 6.07) is 13.8. The molecular formula is C24H28O6S. The zero-order chi connectivity index (χ0) is 21.5. The van der Waals surface area contributed by atoms with Crippen molar-refractivity contribution >= 4 is 33.3 Å². The molecule has 0 amide bonds. The Labute approximate surface area is 186 Å². The van der Waals surface area contributed by atoms with Crippen LogP contribution in [0.5, 0.6) is 11.5 Å². The minimum Gasteiger partial charge on any atom is -0.507 e. The highest BCUT2D eigenvalue weighted by molar-refractivity contribution is 7.98. The van der Waals surface area contributed by atoms with Crippen molar-refractivity contribution in [1.82, 2.24) is 0 Å². The molecule has 1 unspecified atom stereocenters. The van der Waals surface area contributed by atoms with Crippen LogP contribution in [0.1, 0.15) is 0 Å². The van der Waals surface area contributed by atoms with Crippen LogP contribution in [0.2, 0.25) is 0 Å². The number of phenols is 1. The number of hydrogen-bond donors (Lipinski definition) is 1. The van der Waals surface area contributed by atoms with Gasteiger partial charge in [0.15, 0.2) is 0 Å². The number of thioether (sulfide) groups is 1. The fourth-order valence-electron chi connectivity index (χ4n) is 3.40. The maximum Gasteiger partial charge on any atom is 0.135 e. The van der Waals surface area contributed by atoms with Crippen LogP contribution in [-0.2, 0) is 18.9 Å². The van der Waals surface area contributed by atoms with E-state index in [1.807, 2.05) is 48.7 Å². The van der Waals surface area contributed by atoms with E-state index in [-0.39, 0.29) is 5.75 Å². The third-order valence-corrected chi connectivity index (χ3v) is 5.80. The van der Waals surface area contributed by atoms with Gasteiger partial charge in [-0.1, -0.05) is 24.3 Å². The van der Waals surface area contributed by atoms with Crippen LogP contribution in [0.15, 0.2) is 47.4 Å². The molecule has 4 rings (SSSR count). The predicted molar refractivity (Wildman–Crippen MR) is 123 cm³/mol. The van der Waals surface area contributed by atoms with Crippen LogP contribution in [0.4, 0.5) is 0 Å². The lowest BCUT2D eigenvalue weighted by Gasteiger charge is -2.15. The van der Waals surface area contributed by atoms with E-state index in [0.29, 0.717) is 52.4 Å². The Bertz CT molecular complexity index is 1000. The first-order chi connectivity index (χ1) is 15.3. The zero-order valence-electron chi connectivity index (χ0n) is 17.7. The van der Waals surface area contributed by atoms with Gasteiger partial charge in [0.05, 0.1) is 46.2 Å². The molecule has 0 aromatic heterocycles. The first-order valence-electron chi connectivity index (χ1n) is 10.5. The molecule has 1 aliphatic heterocycles. The molecule has 0 spiro atoms. The fourth-order valence-corrected chi connectivity index (χ4v) is 3.84. The first-order valence-corrected chi connectivity index (χ1v) is 11.7. The summed E-state index contributed by atoms with van der Waals surface area (Å²) >= 11 is 1.65. The number of phenolic OH excluding ortho intramolecular Hbond substituents is 1. The normalized spacial score (nSPS) is 15.6. The molecule has 1 fully saturated rings. The molecular weight excluding hydrogens is 416 g/mol. The largest absolute Gasteiger partial charge is 0.507 e. The monoisotopic (exact) mass is 444 g/mol. The van der Waals surface area contributed by atoms with Crippen LogP contribution in [0.25, 0.3) is 21.5 Å². The van der Waals surface area contributed by atoms with E-state index >= 15 is 0 Å². The van der Waals surface area contributed by atoms with Crippen molar-refractivity contribution in [2.24, 2.45) is 0 Å². The van der Waals surface area contributed by atoms with Gasteiger partial charge in [-0.25, -0.2) is 0 Å². The fraction of sp³-hybridized carbons (Fsp3) is 0.417. The van der Waals surface area contributed by atoms with Gasteiger partial charge in [-0.3, -0.25) is 0 Å². The van der Waals surface area contributed by atoms with Gasteiger partial charge in [-0.2, -0.15) is 0 Å². The summed E-state index contributed by atoms with van der Waals surface area (Å²) in [4.78, 5) is 1.10. The average molecular weight is 445 g/mol. The second kappa shape index (κ2) is 11.0. The first kappa shape index (κ1) is 22.2. The molecule has 0 bridgehead atoms. The van der Waals surface area contributed by atoms with E-state index in [4.69, 9.17) is 23.7 Å². The molecule has 7 heteroatoms. The summed E-state index contributed by atoms with van der Waals surface area (Å²) in [5.41, 5.74) is 0. The van der Waals surface area contributed by atoms with Crippen LogP contribution in [0.3, 0.4) is 0 Å². The number of benzene rings is 3. The van der Waals surface area contributed by atoms with Gasteiger partial charge in [-0.05, 0) is 24.5 Å². The lowest BCUT2D eigenvalue weighted by atomic mass is 10.0. The van der Waals surface area contributed by atoms with E-state index in [1.165, 1.54) is 0 Å². The number of hydrogen-bond acceptors (Lipinski definition) is 7. The second-order valence-electron chi connectivity index (χ2n) is 7.24. The predicted octanol–water partition coefficient (Wildman–Crippen LogP) is 4.25. The SMILES string of the molecule is CSc1ccc2c(OCCOCCOCCOCC3CO3)c3ccccc3c(O)c2c1. The van der Waals surface area contributed by atoms with Crippen molar-refractivity contribution in [2.45, 2.75) is 11.0 Å². The van der Waals surface area contributed by atoms with Crippen molar-refractivity contribution in [3.8, 4) is 11.5 Å². The standard InChI is InChI=1S/C24H28O6S/c1-31-18-6-7-21-22(14-18)23(25)19-4-2-3-5-20(19)24(21)29-13-12-27-9-8-26-10-11-28-15-17-16-30-17/h2-7,14,17,25H,8-13,15-16H2,1H3. The average Bonchev–Trinajstić information content (AvgIpc) is 3.63. The highest BCUT2D eigenvalue weighted by Crippen LogP contribution is 2.43. The summed E-state index contributed by atoms with van der Waals surface area (Å²) in [5.74, 6) is 1.06. The second-order valence-corrected chi connectivity index (χ2v) is 8.12. The lowest BCUT2D eigenvalue weighted by molar-refractivity contribution is 0.00722. The summed E-state index contributed by atoms with van der Waals surface area (Å²) < 4.78 is 27.7. The van der Waals surface area contributed by atoms with Crippen molar-refractivity contribution in [2.75, 3.05) is 59.1 Å². The third kappa shape index (κ3) is 5.81. The number of fused-ring (bicyclic) bond motifs is 2. The van der Waals surface area contributed by atoms with E-state index in [1.54, 1.807) is 11.8 Å². The summed E-state index contributed by atoms with van der Waals surface area (Å²) in [7, 11) is 0. The Kier molecular flexibility index (Phi) is 7.88. The zero-order valence-corrected chi connectivity index (χ0v) is 18.5. The van der Waals surface area contributed by atoms with Crippen LogP contribution >= 0.6 is 11.8 Å². The minimum atomic E-state index is 0.288. The van der Waals surface area contributed by atoms with Gasteiger partial charge in [0.2, 0.25) is 0 Å². The number of epoxide rings is 1. The molecule has 6 nitrogen and oxygen atoms in total. The minimum absolute atomic E-state index is 0.288. The summed E-state index contributed by atoms with van der Waals surface area (Å²) in [6.07, 6.45) is 2.31. The molecule has 1 aliphatic rings. The molecule has 1 heterocycles. The Morgan fingerprint density at radius 2 is 1.52 bits per heavy atom. The summed E-state index contributed by atoms with van der Waals surface area (Å²) in [6.45, 7) is 4.48. The molecule has 1 atom stereocenters. The number of rotatable bonds is 13. The van der Waals surface area contributed by atoms with Crippen molar-refractivity contribution in [3.63, 3.8) is 0 Å². The molecule has 3 aromatic rings. The summed E-state index contributed by atoms with van der Waals surface area (Å²) in [5, 5.41) is 14.2. The van der Waals surface area contributed by atoms with Gasteiger partial charge in [0.1, 0.15) is 24.2 Å². The highest BCUT2D eigenvalue weighted by atomic mass is 32.2. The Hall–Kier alpha value is -2.03. The molecule has 0 saturated carbocycles. The quantitative estimate of drug-likeness (QED) is 0.183. The molecule has 1 saturated heterocycles. The third-order valence-electron chi connectivity index (χ3n) is 5.08. The van der Waals surface area contributed by atoms with Crippen molar-refractivity contribution < 1.29 is 28.8 Å². The Morgan fingerprint density at radius 1 is 0.871 bits per heavy atom. The number of aromatic hydroxyl groups is 1. The maximum atomic E-state index is 10.8. The Balaban J connectivity index is 1.29. The lowest BCUT2D eigenvalue weighted by Crippen LogP contribution is -2.13. The van der Waals surface area contributed by atoms with E-state index in [9.17, 15) is 5.11 Å². The van der Waals surface area contributed by atoms with Crippen LogP contribution < -0.4 is 4.74 Å². The molecule has 0 aliphatic carbocycles. The van der Waals surface area contributed by atoms with Gasteiger partial charge in [0, 0.05) is 26.4 Å². The molecule has 3 aromatic carbocycles. The smallest absolute Gasteiger partial charge is 0.135 e.